The lowest BCUT2D eigenvalue weighted by Gasteiger charge is -2.11. The summed E-state index contributed by atoms with van der Waals surface area (Å²) in [5, 5.41) is 4.15. The van der Waals surface area contributed by atoms with Gasteiger partial charge in [-0.25, -0.2) is 0 Å². The standard InChI is InChI=1S/C9H17N3O/c1-7-9(6-11-12(7)3)8(2)13-5-4-10/h6,8H,4-5,10H2,1-3H3. The molecule has 0 saturated carbocycles. The van der Waals surface area contributed by atoms with Crippen molar-refractivity contribution < 1.29 is 4.74 Å². The van der Waals surface area contributed by atoms with Crippen LogP contribution in [0.15, 0.2) is 6.20 Å². The Morgan fingerprint density at radius 2 is 2.38 bits per heavy atom. The van der Waals surface area contributed by atoms with E-state index in [1.54, 1.807) is 0 Å². The minimum Gasteiger partial charge on any atom is -0.372 e. The molecule has 0 amide bonds. The van der Waals surface area contributed by atoms with Crippen LogP contribution in [0, 0.1) is 6.92 Å². The molecule has 1 unspecified atom stereocenters. The third kappa shape index (κ3) is 2.29. The van der Waals surface area contributed by atoms with E-state index in [2.05, 4.69) is 5.10 Å². The molecule has 1 aromatic heterocycles. The molecule has 2 N–H and O–H groups in total. The molecule has 74 valence electrons. The van der Waals surface area contributed by atoms with Gasteiger partial charge in [-0.3, -0.25) is 4.68 Å². The molecule has 0 saturated heterocycles. The molecule has 4 nitrogen and oxygen atoms in total. The Labute approximate surface area is 78.7 Å². The van der Waals surface area contributed by atoms with E-state index in [1.807, 2.05) is 31.8 Å². The van der Waals surface area contributed by atoms with Crippen molar-refractivity contribution in [1.82, 2.24) is 9.78 Å². The van der Waals surface area contributed by atoms with Gasteiger partial charge in [0.05, 0.1) is 18.9 Å². The van der Waals surface area contributed by atoms with Gasteiger partial charge in [-0.15, -0.1) is 0 Å². The summed E-state index contributed by atoms with van der Waals surface area (Å²) < 4.78 is 7.34. The lowest BCUT2D eigenvalue weighted by molar-refractivity contribution is 0.0713. The van der Waals surface area contributed by atoms with Crippen molar-refractivity contribution in [2.75, 3.05) is 13.2 Å². The third-order valence-electron chi connectivity index (χ3n) is 2.20. The molecule has 1 atom stereocenters. The number of hydrogen-bond acceptors (Lipinski definition) is 3. The van der Waals surface area contributed by atoms with Crippen LogP contribution in [0.3, 0.4) is 0 Å². The first-order valence-corrected chi connectivity index (χ1v) is 4.47. The summed E-state index contributed by atoms with van der Waals surface area (Å²) in [6.45, 7) is 5.20. The lowest BCUT2D eigenvalue weighted by atomic mass is 10.2. The molecule has 1 heterocycles. The molecular formula is C9H17N3O. The van der Waals surface area contributed by atoms with E-state index >= 15 is 0 Å². The Morgan fingerprint density at radius 3 is 2.85 bits per heavy atom. The van der Waals surface area contributed by atoms with Crippen LogP contribution in [0.1, 0.15) is 24.3 Å². The summed E-state index contributed by atoms with van der Waals surface area (Å²) in [5.41, 5.74) is 7.63. The second-order valence-corrected chi connectivity index (χ2v) is 3.11. The summed E-state index contributed by atoms with van der Waals surface area (Å²) in [7, 11) is 1.93. The number of ether oxygens (including phenoxy) is 1. The predicted octanol–water partition coefficient (Wildman–Crippen LogP) is 0.765. The highest BCUT2D eigenvalue weighted by Crippen LogP contribution is 2.19. The maximum absolute atomic E-state index is 5.49. The number of aryl methyl sites for hydroxylation is 1. The number of nitrogens with two attached hydrogens (primary N) is 1. The van der Waals surface area contributed by atoms with Crippen LogP contribution < -0.4 is 5.73 Å². The van der Waals surface area contributed by atoms with Gasteiger partial charge < -0.3 is 10.5 Å². The highest BCUT2D eigenvalue weighted by molar-refractivity contribution is 5.18. The number of rotatable bonds is 4. The van der Waals surface area contributed by atoms with Gasteiger partial charge in [-0.05, 0) is 13.8 Å². The summed E-state index contributed by atoms with van der Waals surface area (Å²) in [5.74, 6) is 0. The first-order valence-electron chi connectivity index (χ1n) is 4.47. The molecule has 13 heavy (non-hydrogen) atoms. The average Bonchev–Trinajstić information content (AvgIpc) is 2.44. The van der Waals surface area contributed by atoms with Gasteiger partial charge in [-0.1, -0.05) is 0 Å². The van der Waals surface area contributed by atoms with Crippen LogP contribution in [-0.4, -0.2) is 22.9 Å². The van der Waals surface area contributed by atoms with Gasteiger partial charge in [0.15, 0.2) is 0 Å². The summed E-state index contributed by atoms with van der Waals surface area (Å²) in [6, 6.07) is 0. The van der Waals surface area contributed by atoms with E-state index in [9.17, 15) is 0 Å². The second kappa shape index (κ2) is 4.39. The Hall–Kier alpha value is -0.870. The van der Waals surface area contributed by atoms with Gasteiger partial charge in [0.25, 0.3) is 0 Å². The van der Waals surface area contributed by atoms with Gasteiger partial charge in [0.2, 0.25) is 0 Å². The fourth-order valence-electron chi connectivity index (χ4n) is 1.25. The van der Waals surface area contributed by atoms with Crippen LogP contribution in [0.4, 0.5) is 0 Å². The fourth-order valence-corrected chi connectivity index (χ4v) is 1.25. The largest absolute Gasteiger partial charge is 0.372 e. The highest BCUT2D eigenvalue weighted by Gasteiger charge is 2.11. The molecule has 4 heteroatoms. The molecular weight excluding hydrogens is 166 g/mol. The zero-order chi connectivity index (χ0) is 9.84. The van der Waals surface area contributed by atoms with Crippen LogP contribution >= 0.6 is 0 Å². The van der Waals surface area contributed by atoms with Crippen molar-refractivity contribution in [2.24, 2.45) is 12.8 Å². The van der Waals surface area contributed by atoms with Gasteiger partial charge >= 0.3 is 0 Å². The molecule has 0 aromatic carbocycles. The van der Waals surface area contributed by atoms with E-state index in [-0.39, 0.29) is 6.10 Å². The van der Waals surface area contributed by atoms with Crippen molar-refractivity contribution in [3.63, 3.8) is 0 Å². The highest BCUT2D eigenvalue weighted by atomic mass is 16.5. The van der Waals surface area contributed by atoms with Crippen LogP contribution in [0.25, 0.3) is 0 Å². The van der Waals surface area contributed by atoms with Crippen LogP contribution in [0.5, 0.6) is 0 Å². The van der Waals surface area contributed by atoms with Gasteiger partial charge in [0.1, 0.15) is 0 Å². The number of aromatic nitrogens is 2. The quantitative estimate of drug-likeness (QED) is 0.750. The van der Waals surface area contributed by atoms with E-state index in [4.69, 9.17) is 10.5 Å². The zero-order valence-electron chi connectivity index (χ0n) is 8.45. The second-order valence-electron chi connectivity index (χ2n) is 3.11. The van der Waals surface area contributed by atoms with E-state index in [0.717, 1.165) is 11.3 Å². The summed E-state index contributed by atoms with van der Waals surface area (Å²) in [6.07, 6.45) is 1.92. The summed E-state index contributed by atoms with van der Waals surface area (Å²) >= 11 is 0. The van der Waals surface area contributed by atoms with Crippen molar-refractivity contribution in [3.8, 4) is 0 Å². The topological polar surface area (TPSA) is 53.1 Å². The Bertz CT molecular complexity index is 270. The Kier molecular flexibility index (Phi) is 3.45. The first kappa shape index (κ1) is 10.2. The van der Waals surface area contributed by atoms with Gasteiger partial charge in [0, 0.05) is 24.8 Å². The number of nitrogens with zero attached hydrogens (tertiary/aromatic N) is 2. The average molecular weight is 183 g/mol. The van der Waals surface area contributed by atoms with Crippen molar-refractivity contribution >= 4 is 0 Å². The van der Waals surface area contributed by atoms with E-state index in [0.29, 0.717) is 13.2 Å². The maximum atomic E-state index is 5.49. The zero-order valence-corrected chi connectivity index (χ0v) is 8.45. The minimum absolute atomic E-state index is 0.0808. The Morgan fingerprint density at radius 1 is 1.69 bits per heavy atom. The van der Waals surface area contributed by atoms with E-state index < -0.39 is 0 Å². The SMILES string of the molecule is Cc1c(C(C)OCCN)cnn1C. The molecule has 0 bridgehead atoms. The van der Waals surface area contributed by atoms with Crippen molar-refractivity contribution in [1.29, 1.82) is 0 Å². The maximum Gasteiger partial charge on any atom is 0.0830 e. The molecule has 0 radical (unpaired) electrons. The molecule has 0 fully saturated rings. The van der Waals surface area contributed by atoms with Crippen LogP contribution in [0.2, 0.25) is 0 Å². The summed E-state index contributed by atoms with van der Waals surface area (Å²) in [4.78, 5) is 0. The van der Waals surface area contributed by atoms with E-state index in [1.165, 1.54) is 0 Å². The fraction of sp³-hybridized carbons (Fsp3) is 0.667. The molecule has 1 rings (SSSR count). The first-order chi connectivity index (χ1) is 6.16. The monoisotopic (exact) mass is 183 g/mol. The van der Waals surface area contributed by atoms with Gasteiger partial charge in [-0.2, -0.15) is 5.10 Å². The molecule has 0 aliphatic carbocycles. The normalized spacial score (nSPS) is 13.2. The Balaban J connectivity index is 2.65. The predicted molar refractivity (Wildman–Crippen MR) is 51.4 cm³/mol. The molecule has 1 aromatic rings. The van der Waals surface area contributed by atoms with Crippen LogP contribution in [-0.2, 0) is 11.8 Å². The minimum atomic E-state index is 0.0808. The lowest BCUT2D eigenvalue weighted by Crippen LogP contribution is -2.11. The third-order valence-corrected chi connectivity index (χ3v) is 2.20. The molecule has 0 aliphatic rings. The molecule has 0 spiro atoms. The van der Waals surface area contributed by atoms with Crippen molar-refractivity contribution in [3.05, 3.63) is 17.5 Å². The molecule has 0 aliphatic heterocycles. The smallest absolute Gasteiger partial charge is 0.0830 e. The van der Waals surface area contributed by atoms with Crippen molar-refractivity contribution in [2.45, 2.75) is 20.0 Å². The number of hydrogen-bond donors (Lipinski definition) is 1.